The Morgan fingerprint density at radius 2 is 1.56 bits per heavy atom. The Kier molecular flexibility index (Phi) is 3.73. The van der Waals surface area contributed by atoms with E-state index in [4.69, 9.17) is 0 Å². The Bertz CT molecular complexity index is 563. The van der Waals surface area contributed by atoms with E-state index in [-0.39, 0.29) is 5.56 Å². The summed E-state index contributed by atoms with van der Waals surface area (Å²) in [5.41, 5.74) is 0.404. The van der Waals surface area contributed by atoms with Gasteiger partial charge in [-0.2, -0.15) is 0 Å². The van der Waals surface area contributed by atoms with E-state index in [9.17, 15) is 18.3 Å². The number of hydrogen-bond acceptors (Lipinski definition) is 1. The molecule has 1 unspecified atom stereocenters. The Labute approximate surface area is 110 Å². The number of aliphatic hydroxyl groups excluding tert-OH is 1. The van der Waals surface area contributed by atoms with Crippen molar-refractivity contribution in [1.29, 1.82) is 0 Å². The fourth-order valence-electron chi connectivity index (χ4n) is 1.61. The maximum atomic E-state index is 13.1. The Hall–Kier alpha value is -1.33. The van der Waals surface area contributed by atoms with Gasteiger partial charge in [-0.3, -0.25) is 0 Å². The fraction of sp³-hybridized carbons (Fsp3) is 0.0769. The molecule has 0 amide bonds. The molecule has 0 bridgehead atoms. The van der Waals surface area contributed by atoms with Crippen molar-refractivity contribution in [2.45, 2.75) is 6.10 Å². The van der Waals surface area contributed by atoms with E-state index in [0.717, 1.165) is 12.1 Å². The Balaban J connectivity index is 2.47. The smallest absolute Gasteiger partial charge is 0.194 e. The molecule has 0 aliphatic heterocycles. The van der Waals surface area contributed by atoms with E-state index < -0.39 is 23.6 Å². The molecule has 0 aliphatic carbocycles. The molecule has 1 atom stereocenters. The summed E-state index contributed by atoms with van der Waals surface area (Å²) in [6, 6.07) is 8.28. The zero-order valence-electron chi connectivity index (χ0n) is 9.00. The summed E-state index contributed by atoms with van der Waals surface area (Å²) in [5.74, 6) is -4.19. The molecule has 94 valence electrons. The molecule has 1 nitrogen and oxygen atoms in total. The van der Waals surface area contributed by atoms with Gasteiger partial charge in [0, 0.05) is 4.47 Å². The van der Waals surface area contributed by atoms with Crippen molar-refractivity contribution in [2.24, 2.45) is 0 Å². The first kappa shape index (κ1) is 13.1. The van der Waals surface area contributed by atoms with Crippen molar-refractivity contribution in [1.82, 2.24) is 0 Å². The standard InChI is InChI=1S/C13H8BrF3O/c14-9-4-2-1-3-8(9)13(18)7-5-10(15)12(17)11(16)6-7/h1-6,13,18H. The summed E-state index contributed by atoms with van der Waals surface area (Å²) in [6.07, 6.45) is -1.23. The van der Waals surface area contributed by atoms with Crippen LogP contribution in [0.15, 0.2) is 40.9 Å². The van der Waals surface area contributed by atoms with Crippen molar-refractivity contribution in [3.63, 3.8) is 0 Å². The quantitative estimate of drug-likeness (QED) is 0.832. The molecule has 0 heterocycles. The van der Waals surface area contributed by atoms with Gasteiger partial charge in [-0.05, 0) is 29.3 Å². The molecule has 0 saturated carbocycles. The minimum atomic E-state index is -1.54. The first-order chi connectivity index (χ1) is 8.50. The third-order valence-electron chi connectivity index (χ3n) is 2.52. The van der Waals surface area contributed by atoms with Crippen molar-refractivity contribution < 1.29 is 18.3 Å². The highest BCUT2D eigenvalue weighted by Gasteiger charge is 2.18. The predicted octanol–water partition coefficient (Wildman–Crippen LogP) is 3.95. The molecule has 1 N–H and O–H groups in total. The SMILES string of the molecule is OC(c1cc(F)c(F)c(F)c1)c1ccccc1Br. The second-order valence-corrected chi connectivity index (χ2v) is 4.58. The molecular weight excluding hydrogens is 309 g/mol. The highest BCUT2D eigenvalue weighted by molar-refractivity contribution is 9.10. The Morgan fingerprint density at radius 3 is 2.11 bits per heavy atom. The maximum absolute atomic E-state index is 13.1. The van der Waals surface area contributed by atoms with Crippen LogP contribution >= 0.6 is 15.9 Å². The van der Waals surface area contributed by atoms with Gasteiger partial charge in [-0.1, -0.05) is 34.1 Å². The third kappa shape index (κ3) is 2.42. The van der Waals surface area contributed by atoms with Gasteiger partial charge >= 0.3 is 0 Å². The second-order valence-electron chi connectivity index (χ2n) is 3.72. The molecule has 0 saturated heterocycles. The summed E-state index contributed by atoms with van der Waals surface area (Å²) >= 11 is 3.22. The molecule has 18 heavy (non-hydrogen) atoms. The molecular formula is C13H8BrF3O. The van der Waals surface area contributed by atoms with E-state index in [1.165, 1.54) is 0 Å². The van der Waals surface area contributed by atoms with Crippen LogP contribution in [0.5, 0.6) is 0 Å². The topological polar surface area (TPSA) is 20.2 Å². The lowest BCUT2D eigenvalue weighted by Gasteiger charge is -2.13. The summed E-state index contributed by atoms with van der Waals surface area (Å²) in [4.78, 5) is 0. The van der Waals surface area contributed by atoms with Gasteiger partial charge in [0.2, 0.25) is 0 Å². The van der Waals surface area contributed by atoms with E-state index >= 15 is 0 Å². The lowest BCUT2D eigenvalue weighted by molar-refractivity contribution is 0.218. The van der Waals surface area contributed by atoms with Crippen LogP contribution in [-0.4, -0.2) is 5.11 Å². The summed E-state index contributed by atoms with van der Waals surface area (Å²) in [5, 5.41) is 10.0. The van der Waals surface area contributed by atoms with E-state index in [0.29, 0.717) is 10.0 Å². The lowest BCUT2D eigenvalue weighted by Crippen LogP contribution is -2.03. The predicted molar refractivity (Wildman–Crippen MR) is 64.5 cm³/mol. The maximum Gasteiger partial charge on any atom is 0.194 e. The van der Waals surface area contributed by atoms with Crippen molar-refractivity contribution in [2.75, 3.05) is 0 Å². The molecule has 2 aromatic rings. The normalized spacial score (nSPS) is 12.5. The van der Waals surface area contributed by atoms with E-state index in [1.807, 2.05) is 0 Å². The molecule has 2 rings (SSSR count). The van der Waals surface area contributed by atoms with Gasteiger partial charge in [0.05, 0.1) is 0 Å². The molecule has 0 spiro atoms. The minimum absolute atomic E-state index is 0.0432. The molecule has 0 aromatic heterocycles. The first-order valence-corrected chi connectivity index (χ1v) is 5.87. The summed E-state index contributed by atoms with van der Waals surface area (Å²) in [7, 11) is 0. The van der Waals surface area contributed by atoms with Crippen LogP contribution in [-0.2, 0) is 0 Å². The fourth-order valence-corrected chi connectivity index (χ4v) is 2.11. The van der Waals surface area contributed by atoms with Crippen LogP contribution in [0.3, 0.4) is 0 Å². The van der Waals surface area contributed by atoms with E-state index in [2.05, 4.69) is 15.9 Å². The van der Waals surface area contributed by atoms with Gasteiger partial charge in [-0.15, -0.1) is 0 Å². The number of halogens is 4. The van der Waals surface area contributed by atoms with Crippen LogP contribution in [0.1, 0.15) is 17.2 Å². The zero-order valence-corrected chi connectivity index (χ0v) is 10.6. The van der Waals surface area contributed by atoms with Crippen molar-refractivity contribution >= 4 is 15.9 Å². The number of rotatable bonds is 2. The monoisotopic (exact) mass is 316 g/mol. The van der Waals surface area contributed by atoms with Gasteiger partial charge < -0.3 is 5.11 Å². The highest BCUT2D eigenvalue weighted by atomic mass is 79.9. The van der Waals surface area contributed by atoms with Gasteiger partial charge in [0.15, 0.2) is 17.5 Å². The number of hydrogen-bond donors (Lipinski definition) is 1. The minimum Gasteiger partial charge on any atom is -0.384 e. The second kappa shape index (κ2) is 5.12. The van der Waals surface area contributed by atoms with Gasteiger partial charge in [-0.25, -0.2) is 13.2 Å². The number of benzene rings is 2. The van der Waals surface area contributed by atoms with Gasteiger partial charge in [0.1, 0.15) is 6.10 Å². The average Bonchev–Trinajstić information content (AvgIpc) is 2.35. The lowest BCUT2D eigenvalue weighted by atomic mass is 10.0. The number of aliphatic hydroxyl groups is 1. The molecule has 5 heteroatoms. The Morgan fingerprint density at radius 1 is 1.00 bits per heavy atom. The average molecular weight is 317 g/mol. The first-order valence-electron chi connectivity index (χ1n) is 5.07. The van der Waals surface area contributed by atoms with Crippen LogP contribution in [0.2, 0.25) is 0 Å². The third-order valence-corrected chi connectivity index (χ3v) is 3.24. The van der Waals surface area contributed by atoms with Crippen LogP contribution in [0, 0.1) is 17.5 Å². The largest absolute Gasteiger partial charge is 0.384 e. The zero-order chi connectivity index (χ0) is 13.3. The van der Waals surface area contributed by atoms with Crippen LogP contribution < -0.4 is 0 Å². The highest BCUT2D eigenvalue weighted by Crippen LogP contribution is 2.29. The van der Waals surface area contributed by atoms with E-state index in [1.54, 1.807) is 24.3 Å². The molecule has 0 fully saturated rings. The molecule has 0 radical (unpaired) electrons. The van der Waals surface area contributed by atoms with Crippen LogP contribution in [0.25, 0.3) is 0 Å². The molecule has 0 aliphatic rings. The van der Waals surface area contributed by atoms with Crippen molar-refractivity contribution in [3.05, 3.63) is 69.4 Å². The van der Waals surface area contributed by atoms with Crippen molar-refractivity contribution in [3.8, 4) is 0 Å². The van der Waals surface area contributed by atoms with Crippen LogP contribution in [0.4, 0.5) is 13.2 Å². The van der Waals surface area contributed by atoms with Gasteiger partial charge in [0.25, 0.3) is 0 Å². The summed E-state index contributed by atoms with van der Waals surface area (Å²) < 4.78 is 39.6. The molecule has 2 aromatic carbocycles. The summed E-state index contributed by atoms with van der Waals surface area (Å²) in [6.45, 7) is 0.